The van der Waals surface area contributed by atoms with Crippen LogP contribution in [-0.4, -0.2) is 30.2 Å². The van der Waals surface area contributed by atoms with Crippen molar-refractivity contribution in [3.05, 3.63) is 33.9 Å². The van der Waals surface area contributed by atoms with Crippen LogP contribution in [0.4, 0.5) is 11.4 Å². The molecule has 0 spiro atoms. The van der Waals surface area contributed by atoms with Crippen LogP contribution >= 0.6 is 0 Å². The Morgan fingerprint density at radius 1 is 1.53 bits per heavy atom. The van der Waals surface area contributed by atoms with Crippen molar-refractivity contribution in [3.63, 3.8) is 0 Å². The van der Waals surface area contributed by atoms with Gasteiger partial charge in [0.2, 0.25) is 0 Å². The van der Waals surface area contributed by atoms with Crippen LogP contribution in [0.15, 0.2) is 18.2 Å². The average molecular weight is 264 g/mol. The number of nitrogens with zero attached hydrogens (tertiary/aromatic N) is 2. The summed E-state index contributed by atoms with van der Waals surface area (Å²) in [5.41, 5.74) is 1.68. The Balaban J connectivity index is 2.35. The summed E-state index contributed by atoms with van der Waals surface area (Å²) >= 11 is 0. The minimum Gasteiger partial charge on any atom is -0.372 e. The second-order valence-electron chi connectivity index (χ2n) is 5.32. The third-order valence-corrected chi connectivity index (χ3v) is 3.75. The van der Waals surface area contributed by atoms with E-state index in [1.54, 1.807) is 12.1 Å². The summed E-state index contributed by atoms with van der Waals surface area (Å²) in [6.45, 7) is 8.07. The van der Waals surface area contributed by atoms with Crippen molar-refractivity contribution in [3.8, 4) is 0 Å². The van der Waals surface area contributed by atoms with E-state index in [1.807, 2.05) is 13.0 Å². The fourth-order valence-corrected chi connectivity index (χ4v) is 2.39. The molecule has 1 aromatic carbocycles. The van der Waals surface area contributed by atoms with E-state index in [4.69, 9.17) is 4.74 Å². The Bertz CT molecular complexity index is 490. The van der Waals surface area contributed by atoms with Crippen LogP contribution < -0.4 is 4.90 Å². The average Bonchev–Trinajstić information content (AvgIpc) is 2.38. The van der Waals surface area contributed by atoms with Crippen LogP contribution in [0, 0.1) is 17.0 Å². The van der Waals surface area contributed by atoms with Crippen molar-refractivity contribution in [2.75, 3.05) is 24.6 Å². The second kappa shape index (κ2) is 5.17. The molecule has 1 heterocycles. The predicted octanol–water partition coefficient (Wildman–Crippen LogP) is 2.91. The maximum Gasteiger partial charge on any atom is 0.292 e. The van der Waals surface area contributed by atoms with Gasteiger partial charge in [-0.25, -0.2) is 0 Å². The topological polar surface area (TPSA) is 55.6 Å². The van der Waals surface area contributed by atoms with Gasteiger partial charge in [-0.15, -0.1) is 0 Å². The summed E-state index contributed by atoms with van der Waals surface area (Å²) < 4.78 is 5.79. The van der Waals surface area contributed by atoms with E-state index in [1.165, 1.54) is 0 Å². The first-order chi connectivity index (χ1) is 8.95. The van der Waals surface area contributed by atoms with E-state index >= 15 is 0 Å². The Kier molecular flexibility index (Phi) is 3.75. The molecule has 0 amide bonds. The van der Waals surface area contributed by atoms with Crippen LogP contribution in [-0.2, 0) is 4.74 Å². The van der Waals surface area contributed by atoms with Crippen LogP contribution in [0.2, 0.25) is 0 Å². The lowest BCUT2D eigenvalue weighted by Gasteiger charge is -2.41. The van der Waals surface area contributed by atoms with Gasteiger partial charge in [0.1, 0.15) is 5.69 Å². The van der Waals surface area contributed by atoms with Gasteiger partial charge in [-0.2, -0.15) is 0 Å². The summed E-state index contributed by atoms with van der Waals surface area (Å²) in [6.07, 6.45) is 0.892. The van der Waals surface area contributed by atoms with Gasteiger partial charge in [-0.1, -0.05) is 13.0 Å². The molecular formula is C14H20N2O3. The fourth-order valence-electron chi connectivity index (χ4n) is 2.39. The number of nitro benzene ring substituents is 1. The van der Waals surface area contributed by atoms with Crippen molar-refractivity contribution in [1.82, 2.24) is 0 Å². The zero-order valence-corrected chi connectivity index (χ0v) is 11.7. The van der Waals surface area contributed by atoms with Crippen molar-refractivity contribution in [1.29, 1.82) is 0 Å². The summed E-state index contributed by atoms with van der Waals surface area (Å²) in [5, 5.41) is 11.2. The molecule has 1 atom stereocenters. The standard InChI is InChI=1S/C14H20N2O3/c1-4-14(3)10-15(7-8-19-14)13-9-11(2)5-6-12(13)16(17)18/h5-6,9H,4,7-8,10H2,1-3H3. The lowest BCUT2D eigenvalue weighted by molar-refractivity contribution is -0.384. The number of hydrogen-bond donors (Lipinski definition) is 0. The highest BCUT2D eigenvalue weighted by molar-refractivity contribution is 5.64. The van der Waals surface area contributed by atoms with Gasteiger partial charge in [0.25, 0.3) is 5.69 Å². The quantitative estimate of drug-likeness (QED) is 0.622. The molecule has 1 aliphatic heterocycles. The fraction of sp³-hybridized carbons (Fsp3) is 0.571. The highest BCUT2D eigenvalue weighted by Crippen LogP contribution is 2.33. The van der Waals surface area contributed by atoms with Crippen LogP contribution in [0.1, 0.15) is 25.8 Å². The van der Waals surface area contributed by atoms with Gasteiger partial charge in [0, 0.05) is 19.2 Å². The van der Waals surface area contributed by atoms with Crippen molar-refractivity contribution >= 4 is 11.4 Å². The molecule has 5 nitrogen and oxygen atoms in total. The lowest BCUT2D eigenvalue weighted by atomic mass is 10.00. The number of rotatable bonds is 3. The number of nitro groups is 1. The Hall–Kier alpha value is -1.62. The molecule has 5 heteroatoms. The van der Waals surface area contributed by atoms with Gasteiger partial charge in [-0.05, 0) is 31.9 Å². The van der Waals surface area contributed by atoms with E-state index < -0.39 is 0 Å². The molecule has 1 fully saturated rings. The molecule has 0 radical (unpaired) electrons. The summed E-state index contributed by atoms with van der Waals surface area (Å²) in [6, 6.07) is 5.25. The SMILES string of the molecule is CCC1(C)CN(c2cc(C)ccc2[N+](=O)[O-])CCO1. The molecule has 0 N–H and O–H groups in total. The first-order valence-corrected chi connectivity index (χ1v) is 6.59. The monoisotopic (exact) mass is 264 g/mol. The number of benzene rings is 1. The molecular weight excluding hydrogens is 244 g/mol. The second-order valence-corrected chi connectivity index (χ2v) is 5.32. The molecule has 2 rings (SSSR count). The van der Waals surface area contributed by atoms with E-state index in [0.29, 0.717) is 25.4 Å². The lowest BCUT2D eigenvalue weighted by Crippen LogP contribution is -2.50. The number of ether oxygens (including phenoxy) is 1. The van der Waals surface area contributed by atoms with Gasteiger partial charge >= 0.3 is 0 Å². The number of anilines is 1. The van der Waals surface area contributed by atoms with E-state index in [9.17, 15) is 10.1 Å². The van der Waals surface area contributed by atoms with Crippen LogP contribution in [0.5, 0.6) is 0 Å². The number of hydrogen-bond acceptors (Lipinski definition) is 4. The summed E-state index contributed by atoms with van der Waals surface area (Å²) in [7, 11) is 0. The molecule has 0 bridgehead atoms. The smallest absolute Gasteiger partial charge is 0.292 e. The molecule has 104 valence electrons. The summed E-state index contributed by atoms with van der Waals surface area (Å²) in [5.74, 6) is 0. The van der Waals surface area contributed by atoms with E-state index in [2.05, 4.69) is 18.7 Å². The number of morpholine rings is 1. The normalized spacial score (nSPS) is 23.4. The first kappa shape index (κ1) is 13.8. The Labute approximate surface area is 113 Å². The van der Waals surface area contributed by atoms with Gasteiger partial charge in [0.15, 0.2) is 0 Å². The highest BCUT2D eigenvalue weighted by atomic mass is 16.6. The van der Waals surface area contributed by atoms with Crippen molar-refractivity contribution in [2.24, 2.45) is 0 Å². The Morgan fingerprint density at radius 3 is 2.89 bits per heavy atom. The van der Waals surface area contributed by atoms with E-state index in [-0.39, 0.29) is 16.2 Å². The van der Waals surface area contributed by atoms with Crippen LogP contribution in [0.3, 0.4) is 0 Å². The zero-order chi connectivity index (χ0) is 14.0. The maximum absolute atomic E-state index is 11.2. The summed E-state index contributed by atoms with van der Waals surface area (Å²) in [4.78, 5) is 12.9. The molecule has 19 heavy (non-hydrogen) atoms. The Morgan fingerprint density at radius 2 is 2.26 bits per heavy atom. The predicted molar refractivity (Wildman–Crippen MR) is 74.7 cm³/mol. The molecule has 0 aromatic heterocycles. The highest BCUT2D eigenvalue weighted by Gasteiger charge is 2.32. The third-order valence-electron chi connectivity index (χ3n) is 3.75. The van der Waals surface area contributed by atoms with Crippen molar-refractivity contribution in [2.45, 2.75) is 32.8 Å². The van der Waals surface area contributed by atoms with Crippen LogP contribution in [0.25, 0.3) is 0 Å². The minimum atomic E-state index is -0.312. The zero-order valence-electron chi connectivity index (χ0n) is 11.7. The molecule has 1 aromatic rings. The minimum absolute atomic E-state index is 0.172. The largest absolute Gasteiger partial charge is 0.372 e. The third kappa shape index (κ3) is 2.87. The molecule has 1 unspecified atom stereocenters. The molecule has 0 saturated carbocycles. The molecule has 1 aliphatic rings. The van der Waals surface area contributed by atoms with Gasteiger partial charge < -0.3 is 9.64 Å². The van der Waals surface area contributed by atoms with Gasteiger partial charge in [-0.3, -0.25) is 10.1 Å². The van der Waals surface area contributed by atoms with Crippen molar-refractivity contribution < 1.29 is 9.66 Å². The first-order valence-electron chi connectivity index (χ1n) is 6.59. The van der Waals surface area contributed by atoms with Gasteiger partial charge in [0.05, 0.1) is 17.1 Å². The van der Waals surface area contributed by atoms with E-state index in [0.717, 1.165) is 12.0 Å². The number of aryl methyl sites for hydroxylation is 1. The maximum atomic E-state index is 11.2. The molecule has 1 saturated heterocycles. The molecule has 0 aliphatic carbocycles.